The molecule has 0 aliphatic heterocycles. The second-order valence-electron chi connectivity index (χ2n) is 5.48. The van der Waals surface area contributed by atoms with E-state index in [0.717, 1.165) is 11.4 Å². The van der Waals surface area contributed by atoms with E-state index in [4.69, 9.17) is 16.3 Å². The van der Waals surface area contributed by atoms with E-state index in [1.807, 2.05) is 25.3 Å². The van der Waals surface area contributed by atoms with E-state index in [-0.39, 0.29) is 11.2 Å². The fraction of sp³-hybridized carbons (Fsp3) is 0.353. The van der Waals surface area contributed by atoms with E-state index >= 15 is 0 Å². The molecule has 2 rings (SSSR count). The van der Waals surface area contributed by atoms with Gasteiger partial charge >= 0.3 is 0 Å². The number of ether oxygens (including phenoxy) is 1. The molecule has 0 fully saturated rings. The van der Waals surface area contributed by atoms with Gasteiger partial charge in [-0.1, -0.05) is 29.4 Å². The molecule has 25 heavy (non-hydrogen) atoms. The summed E-state index contributed by atoms with van der Waals surface area (Å²) in [6.07, 6.45) is 1.77. The van der Waals surface area contributed by atoms with E-state index in [1.54, 1.807) is 18.2 Å². The summed E-state index contributed by atoms with van der Waals surface area (Å²) >= 11 is 7.44. The Kier molecular flexibility index (Phi) is 6.50. The Morgan fingerprint density at radius 2 is 2.20 bits per heavy atom. The van der Waals surface area contributed by atoms with Gasteiger partial charge in [-0.15, -0.1) is 16.8 Å². The summed E-state index contributed by atoms with van der Waals surface area (Å²) < 4.78 is 7.20. The lowest BCUT2D eigenvalue weighted by atomic mass is 10.2. The smallest absolute Gasteiger partial charge is 0.237 e. The first kappa shape index (κ1) is 19.3. The lowest BCUT2D eigenvalue weighted by Crippen LogP contribution is -2.23. The zero-order chi connectivity index (χ0) is 18.6. The average molecular weight is 381 g/mol. The summed E-state index contributed by atoms with van der Waals surface area (Å²) in [5.41, 5.74) is 1.45. The number of hydrogen-bond acceptors (Lipinski definition) is 5. The van der Waals surface area contributed by atoms with Crippen molar-refractivity contribution in [1.29, 1.82) is 0 Å². The summed E-state index contributed by atoms with van der Waals surface area (Å²) in [7, 11) is 1.54. The van der Waals surface area contributed by atoms with Crippen LogP contribution in [-0.4, -0.2) is 33.0 Å². The molecule has 1 aromatic heterocycles. The fourth-order valence-corrected chi connectivity index (χ4v) is 3.22. The van der Waals surface area contributed by atoms with Crippen molar-refractivity contribution in [3.63, 3.8) is 0 Å². The molecule has 0 radical (unpaired) electrons. The highest BCUT2D eigenvalue weighted by Crippen LogP contribution is 2.32. The van der Waals surface area contributed by atoms with Crippen molar-refractivity contribution in [1.82, 2.24) is 14.8 Å². The predicted octanol–water partition coefficient (Wildman–Crippen LogP) is 3.86. The van der Waals surface area contributed by atoms with Crippen molar-refractivity contribution in [2.45, 2.75) is 37.7 Å². The van der Waals surface area contributed by atoms with Gasteiger partial charge in [0.2, 0.25) is 5.91 Å². The molecule has 1 atom stereocenters. The van der Waals surface area contributed by atoms with Gasteiger partial charge in [-0.05, 0) is 32.4 Å². The molecule has 1 N–H and O–H groups in total. The molecule has 0 unspecified atom stereocenters. The largest absolute Gasteiger partial charge is 0.495 e. The lowest BCUT2D eigenvalue weighted by Gasteiger charge is -2.15. The number of amides is 1. The minimum atomic E-state index is -0.368. The molecular weight excluding hydrogens is 360 g/mol. The summed E-state index contributed by atoms with van der Waals surface area (Å²) in [4.78, 5) is 12.6. The summed E-state index contributed by atoms with van der Waals surface area (Å²) in [5, 5.41) is 12.0. The van der Waals surface area contributed by atoms with Crippen molar-refractivity contribution < 1.29 is 9.53 Å². The molecule has 0 saturated carbocycles. The molecule has 1 amide bonds. The lowest BCUT2D eigenvalue weighted by molar-refractivity contribution is -0.115. The Morgan fingerprint density at radius 1 is 1.48 bits per heavy atom. The number of hydrogen-bond donors (Lipinski definition) is 1. The van der Waals surface area contributed by atoms with Crippen LogP contribution in [0.15, 0.2) is 29.9 Å². The maximum absolute atomic E-state index is 12.6. The number of thioether (sulfide) groups is 1. The highest BCUT2D eigenvalue weighted by Gasteiger charge is 2.20. The number of aromatic nitrogens is 3. The molecule has 1 aromatic carbocycles. The van der Waals surface area contributed by atoms with Crippen LogP contribution in [0.4, 0.5) is 5.69 Å². The van der Waals surface area contributed by atoms with Crippen LogP contribution in [0.2, 0.25) is 5.02 Å². The van der Waals surface area contributed by atoms with Crippen LogP contribution in [0.3, 0.4) is 0 Å². The van der Waals surface area contributed by atoms with E-state index in [9.17, 15) is 4.79 Å². The number of carbonyl (C=O) groups excluding carboxylic acids is 1. The first-order chi connectivity index (χ1) is 11.9. The van der Waals surface area contributed by atoms with Crippen molar-refractivity contribution in [2.75, 3.05) is 12.4 Å². The number of aryl methyl sites for hydroxylation is 2. The number of rotatable bonds is 7. The van der Waals surface area contributed by atoms with Gasteiger partial charge in [0.25, 0.3) is 0 Å². The summed E-state index contributed by atoms with van der Waals surface area (Å²) in [5.74, 6) is 1.15. The molecule has 0 aliphatic carbocycles. The van der Waals surface area contributed by atoms with E-state index in [2.05, 4.69) is 22.1 Å². The third-order valence-electron chi connectivity index (χ3n) is 3.60. The minimum absolute atomic E-state index is 0.157. The zero-order valence-corrected chi connectivity index (χ0v) is 16.2. The second kappa shape index (κ2) is 8.40. The van der Waals surface area contributed by atoms with E-state index in [1.165, 1.54) is 18.9 Å². The van der Waals surface area contributed by atoms with Crippen LogP contribution < -0.4 is 10.1 Å². The monoisotopic (exact) mass is 380 g/mol. The third-order valence-corrected chi connectivity index (χ3v) is 5.09. The van der Waals surface area contributed by atoms with Gasteiger partial charge in [-0.25, -0.2) is 0 Å². The number of carbonyl (C=O) groups is 1. The predicted molar refractivity (Wildman–Crippen MR) is 102 cm³/mol. The first-order valence-corrected chi connectivity index (χ1v) is 8.95. The van der Waals surface area contributed by atoms with Crippen LogP contribution >= 0.6 is 23.4 Å². The molecule has 0 spiro atoms. The molecule has 2 aromatic rings. The maximum atomic E-state index is 12.6. The molecule has 8 heteroatoms. The standard InChI is InChI=1S/C17H21ClN4O2S/c1-6-7-22-12(4)20-21-17(22)25-11(3)16(23)19-14-8-10(2)13(18)9-15(14)24-5/h6,8-9,11H,1,7H2,2-5H3,(H,19,23)/t11-/m1/s1. The van der Waals surface area contributed by atoms with Gasteiger partial charge in [-0.2, -0.15) is 0 Å². The normalized spacial score (nSPS) is 11.9. The fourth-order valence-electron chi connectivity index (χ4n) is 2.16. The minimum Gasteiger partial charge on any atom is -0.495 e. The molecule has 0 bridgehead atoms. The van der Waals surface area contributed by atoms with Gasteiger partial charge in [0, 0.05) is 17.6 Å². The maximum Gasteiger partial charge on any atom is 0.237 e. The van der Waals surface area contributed by atoms with Crippen LogP contribution in [-0.2, 0) is 11.3 Å². The summed E-state index contributed by atoms with van der Waals surface area (Å²) in [6.45, 7) is 9.89. The Balaban J connectivity index is 2.14. The van der Waals surface area contributed by atoms with Crippen LogP contribution in [0.1, 0.15) is 18.3 Å². The number of halogens is 1. The molecule has 6 nitrogen and oxygen atoms in total. The number of benzene rings is 1. The zero-order valence-electron chi connectivity index (χ0n) is 14.7. The van der Waals surface area contributed by atoms with Crippen LogP contribution in [0, 0.1) is 13.8 Å². The third kappa shape index (κ3) is 4.55. The Hall–Kier alpha value is -1.99. The SMILES string of the molecule is C=CCn1c(C)nnc1S[C@H](C)C(=O)Nc1cc(C)c(Cl)cc1OC. The van der Waals surface area contributed by atoms with Crippen LogP contribution in [0.5, 0.6) is 5.75 Å². The van der Waals surface area contributed by atoms with Crippen molar-refractivity contribution >= 4 is 35.0 Å². The number of nitrogens with one attached hydrogen (secondary N) is 1. The van der Waals surface area contributed by atoms with Gasteiger partial charge < -0.3 is 14.6 Å². The van der Waals surface area contributed by atoms with Gasteiger partial charge in [0.1, 0.15) is 11.6 Å². The molecule has 1 heterocycles. The Bertz CT molecular complexity index is 791. The first-order valence-electron chi connectivity index (χ1n) is 7.69. The van der Waals surface area contributed by atoms with Gasteiger partial charge in [-0.3, -0.25) is 4.79 Å². The van der Waals surface area contributed by atoms with E-state index in [0.29, 0.717) is 28.2 Å². The Labute approximate surface area is 156 Å². The molecular formula is C17H21ClN4O2S. The van der Waals surface area contributed by atoms with Gasteiger partial charge in [0.05, 0.1) is 18.0 Å². The number of methoxy groups -OCH3 is 1. The number of anilines is 1. The summed E-state index contributed by atoms with van der Waals surface area (Å²) in [6, 6.07) is 3.48. The van der Waals surface area contributed by atoms with Crippen molar-refractivity contribution in [3.05, 3.63) is 41.2 Å². The molecule has 0 saturated heterocycles. The number of nitrogens with zero attached hydrogens (tertiary/aromatic N) is 3. The van der Waals surface area contributed by atoms with Crippen LogP contribution in [0.25, 0.3) is 0 Å². The van der Waals surface area contributed by atoms with Crippen molar-refractivity contribution in [2.24, 2.45) is 0 Å². The average Bonchev–Trinajstić information content (AvgIpc) is 2.91. The quantitative estimate of drug-likeness (QED) is 0.583. The number of allylic oxidation sites excluding steroid dienone is 1. The topological polar surface area (TPSA) is 69.0 Å². The van der Waals surface area contributed by atoms with Gasteiger partial charge in [0.15, 0.2) is 5.16 Å². The molecule has 134 valence electrons. The highest BCUT2D eigenvalue weighted by atomic mass is 35.5. The molecule has 0 aliphatic rings. The van der Waals surface area contributed by atoms with E-state index < -0.39 is 0 Å². The Morgan fingerprint density at radius 3 is 2.84 bits per heavy atom. The van der Waals surface area contributed by atoms with Crippen molar-refractivity contribution in [3.8, 4) is 5.75 Å². The highest BCUT2D eigenvalue weighted by molar-refractivity contribution is 8.00. The second-order valence-corrected chi connectivity index (χ2v) is 7.20.